The lowest BCUT2D eigenvalue weighted by Crippen LogP contribution is -2.52. The predicted molar refractivity (Wildman–Crippen MR) is 157 cm³/mol. The van der Waals surface area contributed by atoms with E-state index in [9.17, 15) is 22.4 Å². The van der Waals surface area contributed by atoms with E-state index in [1.807, 2.05) is 44.2 Å². The van der Waals surface area contributed by atoms with Crippen LogP contribution >= 0.6 is 0 Å². The molecule has 0 bridgehead atoms. The summed E-state index contributed by atoms with van der Waals surface area (Å²) in [7, 11) is -3.57. The largest absolute Gasteiger partial charge is 0.352 e. The zero-order chi connectivity index (χ0) is 29.1. The van der Waals surface area contributed by atoms with E-state index < -0.39 is 21.9 Å². The number of sulfonamides is 1. The summed E-state index contributed by atoms with van der Waals surface area (Å²) in [6, 6.07) is 23.2. The number of hydrogen-bond acceptors (Lipinski definition) is 4. The number of nitrogens with one attached hydrogen (secondary N) is 1. The van der Waals surface area contributed by atoms with E-state index in [1.165, 1.54) is 21.3 Å². The maximum Gasteiger partial charge on any atom is 0.243 e. The van der Waals surface area contributed by atoms with E-state index in [0.29, 0.717) is 17.7 Å². The minimum Gasteiger partial charge on any atom is -0.352 e. The number of para-hydroxylation sites is 1. The minimum absolute atomic E-state index is 0.0297. The standard InChI is InChI=1S/C31H38FN3O4S/c1-4-24(2)33-31(37)29(22-25-12-7-5-8-13-25)34(23-26-17-19-27(32)20-18-26)30(36)16-11-21-35(40(3,38)39)28-14-9-6-10-15-28/h5-10,12-15,17-20,24,29H,4,11,16,21-23H2,1-3H3,(H,33,37). The Hall–Kier alpha value is -3.72. The van der Waals surface area contributed by atoms with E-state index in [-0.39, 0.29) is 43.8 Å². The zero-order valence-corrected chi connectivity index (χ0v) is 24.1. The fraction of sp³-hybridized carbons (Fsp3) is 0.355. The first-order valence-corrected chi connectivity index (χ1v) is 15.3. The average molecular weight is 568 g/mol. The van der Waals surface area contributed by atoms with Gasteiger partial charge in [0.05, 0.1) is 11.9 Å². The lowest BCUT2D eigenvalue weighted by molar-refractivity contribution is -0.141. The second kappa shape index (κ2) is 14.6. The van der Waals surface area contributed by atoms with E-state index in [2.05, 4.69) is 5.32 Å². The second-order valence-corrected chi connectivity index (χ2v) is 11.9. The summed E-state index contributed by atoms with van der Waals surface area (Å²) in [5.74, 6) is -0.944. The van der Waals surface area contributed by atoms with Crippen LogP contribution < -0.4 is 9.62 Å². The van der Waals surface area contributed by atoms with Gasteiger partial charge in [-0.3, -0.25) is 13.9 Å². The molecule has 0 radical (unpaired) electrons. The molecule has 214 valence electrons. The summed E-state index contributed by atoms with van der Waals surface area (Å²) in [6.07, 6.45) is 2.46. The molecule has 3 aromatic carbocycles. The number of halogens is 1. The third-order valence-electron chi connectivity index (χ3n) is 6.73. The Balaban J connectivity index is 1.88. The lowest BCUT2D eigenvalue weighted by atomic mass is 10.0. The van der Waals surface area contributed by atoms with Gasteiger partial charge >= 0.3 is 0 Å². The number of hydrogen-bond donors (Lipinski definition) is 1. The van der Waals surface area contributed by atoms with Gasteiger partial charge in [-0.1, -0.05) is 67.6 Å². The quantitative estimate of drug-likeness (QED) is 0.299. The van der Waals surface area contributed by atoms with Crippen LogP contribution in [0.5, 0.6) is 0 Å². The number of benzene rings is 3. The third kappa shape index (κ3) is 9.19. The van der Waals surface area contributed by atoms with Gasteiger partial charge in [0.2, 0.25) is 21.8 Å². The Morgan fingerprint density at radius 1 is 0.900 bits per heavy atom. The summed E-state index contributed by atoms with van der Waals surface area (Å²) in [4.78, 5) is 28.9. The molecule has 7 nitrogen and oxygen atoms in total. The summed E-state index contributed by atoms with van der Waals surface area (Å²) >= 11 is 0. The third-order valence-corrected chi connectivity index (χ3v) is 7.93. The van der Waals surface area contributed by atoms with Crippen molar-refractivity contribution in [2.45, 2.75) is 58.2 Å². The molecule has 1 N–H and O–H groups in total. The van der Waals surface area contributed by atoms with Crippen molar-refractivity contribution in [1.29, 1.82) is 0 Å². The van der Waals surface area contributed by atoms with Gasteiger partial charge in [0, 0.05) is 32.0 Å². The van der Waals surface area contributed by atoms with Gasteiger partial charge in [0.15, 0.2) is 0 Å². The summed E-state index contributed by atoms with van der Waals surface area (Å²) in [6.45, 7) is 4.10. The summed E-state index contributed by atoms with van der Waals surface area (Å²) in [5, 5.41) is 3.02. The van der Waals surface area contributed by atoms with Crippen molar-refractivity contribution < 1.29 is 22.4 Å². The van der Waals surface area contributed by atoms with Gasteiger partial charge in [0.1, 0.15) is 11.9 Å². The number of carbonyl (C=O) groups is 2. The van der Waals surface area contributed by atoms with Crippen molar-refractivity contribution in [3.63, 3.8) is 0 Å². The molecule has 2 atom stereocenters. The Bertz CT molecular complexity index is 1340. The van der Waals surface area contributed by atoms with E-state index >= 15 is 0 Å². The van der Waals surface area contributed by atoms with E-state index in [4.69, 9.17) is 0 Å². The monoisotopic (exact) mass is 567 g/mol. The summed E-state index contributed by atoms with van der Waals surface area (Å²) in [5.41, 5.74) is 2.11. The van der Waals surface area contributed by atoms with Crippen LogP contribution in [0, 0.1) is 5.82 Å². The second-order valence-electron chi connectivity index (χ2n) is 9.95. The van der Waals surface area contributed by atoms with Crippen LogP contribution in [-0.2, 0) is 32.6 Å². The molecule has 9 heteroatoms. The zero-order valence-electron chi connectivity index (χ0n) is 23.3. The summed E-state index contributed by atoms with van der Waals surface area (Å²) < 4.78 is 39.9. The van der Waals surface area contributed by atoms with E-state index in [1.54, 1.807) is 42.5 Å². The van der Waals surface area contributed by atoms with Crippen molar-refractivity contribution in [3.8, 4) is 0 Å². The number of amides is 2. The minimum atomic E-state index is -3.57. The predicted octanol–water partition coefficient (Wildman–Crippen LogP) is 4.93. The molecule has 0 fully saturated rings. The molecule has 2 unspecified atom stereocenters. The maximum atomic E-state index is 13.8. The highest BCUT2D eigenvalue weighted by atomic mass is 32.2. The molecule has 3 rings (SSSR count). The molecule has 0 aliphatic rings. The highest BCUT2D eigenvalue weighted by molar-refractivity contribution is 7.92. The van der Waals surface area contributed by atoms with E-state index in [0.717, 1.165) is 18.2 Å². The van der Waals surface area contributed by atoms with Crippen molar-refractivity contribution in [3.05, 3.63) is 102 Å². The maximum absolute atomic E-state index is 13.8. The lowest BCUT2D eigenvalue weighted by Gasteiger charge is -2.32. The average Bonchev–Trinajstić information content (AvgIpc) is 2.94. The fourth-order valence-corrected chi connectivity index (χ4v) is 5.35. The number of rotatable bonds is 14. The van der Waals surface area contributed by atoms with Crippen LogP contribution in [-0.4, -0.2) is 50.0 Å². The molecule has 0 spiro atoms. The smallest absolute Gasteiger partial charge is 0.243 e. The SMILES string of the molecule is CCC(C)NC(=O)C(Cc1ccccc1)N(Cc1ccc(F)cc1)C(=O)CCCN(c1ccccc1)S(C)(=O)=O. The Morgan fingerprint density at radius 3 is 2.08 bits per heavy atom. The van der Waals surface area contributed by atoms with Crippen LogP contribution in [0.3, 0.4) is 0 Å². The Kier molecular flexibility index (Phi) is 11.3. The van der Waals surface area contributed by atoms with Gasteiger partial charge in [-0.2, -0.15) is 0 Å². The van der Waals surface area contributed by atoms with Crippen molar-refractivity contribution in [1.82, 2.24) is 10.2 Å². The number of anilines is 1. The molecule has 0 aliphatic heterocycles. The molecule has 0 heterocycles. The van der Waals surface area contributed by atoms with Crippen LogP contribution in [0.15, 0.2) is 84.9 Å². The Labute approximate surface area is 237 Å². The molecule has 0 saturated heterocycles. The van der Waals surface area contributed by atoms with Crippen molar-refractivity contribution in [2.24, 2.45) is 0 Å². The molecule has 2 amide bonds. The fourth-order valence-electron chi connectivity index (χ4n) is 4.38. The van der Waals surface area contributed by atoms with Gasteiger partial charge in [0.25, 0.3) is 0 Å². The van der Waals surface area contributed by atoms with Crippen LogP contribution in [0.1, 0.15) is 44.2 Å². The highest BCUT2D eigenvalue weighted by Crippen LogP contribution is 2.20. The molecule has 40 heavy (non-hydrogen) atoms. The van der Waals surface area contributed by atoms with Crippen LogP contribution in [0.4, 0.5) is 10.1 Å². The highest BCUT2D eigenvalue weighted by Gasteiger charge is 2.31. The first-order chi connectivity index (χ1) is 19.1. The van der Waals surface area contributed by atoms with Crippen molar-refractivity contribution in [2.75, 3.05) is 17.1 Å². The molecule has 0 saturated carbocycles. The van der Waals surface area contributed by atoms with Gasteiger partial charge in [-0.25, -0.2) is 12.8 Å². The Morgan fingerprint density at radius 2 is 1.50 bits per heavy atom. The normalized spacial score (nSPS) is 12.8. The topological polar surface area (TPSA) is 86.8 Å². The molecule has 0 aromatic heterocycles. The first-order valence-electron chi connectivity index (χ1n) is 13.5. The molecule has 0 aliphatic carbocycles. The van der Waals surface area contributed by atoms with Gasteiger partial charge < -0.3 is 10.2 Å². The van der Waals surface area contributed by atoms with Crippen molar-refractivity contribution >= 4 is 27.5 Å². The van der Waals surface area contributed by atoms with Crippen LogP contribution in [0.25, 0.3) is 0 Å². The van der Waals surface area contributed by atoms with Gasteiger partial charge in [-0.15, -0.1) is 0 Å². The van der Waals surface area contributed by atoms with Gasteiger partial charge in [-0.05, 0) is 55.2 Å². The number of nitrogens with zero attached hydrogens (tertiary/aromatic N) is 2. The molecule has 3 aromatic rings. The molecular weight excluding hydrogens is 529 g/mol. The number of carbonyl (C=O) groups excluding carboxylic acids is 2. The first kappa shape index (κ1) is 30.8. The van der Waals surface area contributed by atoms with Crippen LogP contribution in [0.2, 0.25) is 0 Å². The molecular formula is C31H38FN3O4S.